The topological polar surface area (TPSA) is 3.24 Å². The van der Waals surface area contributed by atoms with E-state index in [2.05, 4.69) is 224 Å². The largest absolute Gasteiger partial charge is 0.309 e. The predicted octanol–water partition coefficient (Wildman–Crippen LogP) is 15.7. The van der Waals surface area contributed by atoms with Gasteiger partial charge in [0.05, 0.1) is 11.4 Å². The Hall–Kier alpha value is -5.92. The van der Waals surface area contributed by atoms with E-state index in [1.807, 2.05) is 0 Å². The summed E-state index contributed by atoms with van der Waals surface area (Å²) in [6.07, 6.45) is 0. The molecule has 0 spiro atoms. The molecule has 0 atom stereocenters. The monoisotopic (exact) mass is 725 g/mol. The molecule has 0 N–H and O–H groups in total. The van der Waals surface area contributed by atoms with Crippen molar-refractivity contribution in [3.63, 3.8) is 0 Å². The van der Waals surface area contributed by atoms with Crippen LogP contribution in [-0.2, 0) is 16.2 Å². The molecule has 0 aromatic heterocycles. The first kappa shape index (κ1) is 35.8. The van der Waals surface area contributed by atoms with Crippen LogP contribution in [0.5, 0.6) is 0 Å². The fourth-order valence-corrected chi connectivity index (χ4v) is 8.96. The molecule has 8 aromatic carbocycles. The highest BCUT2D eigenvalue weighted by Gasteiger charge is 2.37. The lowest BCUT2D eigenvalue weighted by Gasteiger charge is -2.33. The van der Waals surface area contributed by atoms with Crippen LogP contribution in [0, 0.1) is 0 Å². The molecule has 0 unspecified atom stereocenters. The minimum Gasteiger partial charge on any atom is -0.309 e. The van der Waals surface area contributed by atoms with E-state index in [9.17, 15) is 0 Å². The van der Waals surface area contributed by atoms with Gasteiger partial charge in [-0.1, -0.05) is 189 Å². The third-order valence-corrected chi connectivity index (χ3v) is 12.2. The molecule has 276 valence electrons. The molecule has 0 saturated carbocycles. The van der Waals surface area contributed by atoms with Gasteiger partial charge in [0.1, 0.15) is 0 Å². The molecule has 8 aromatic rings. The van der Waals surface area contributed by atoms with Crippen molar-refractivity contribution >= 4 is 38.6 Å². The van der Waals surface area contributed by atoms with Crippen LogP contribution in [0.1, 0.15) is 77.6 Å². The van der Waals surface area contributed by atoms with Crippen LogP contribution >= 0.6 is 0 Å². The van der Waals surface area contributed by atoms with Crippen LogP contribution in [0.25, 0.3) is 54.9 Å². The molecule has 0 heterocycles. The number of benzene rings is 8. The summed E-state index contributed by atoms with van der Waals surface area (Å²) in [5.41, 5.74) is 16.4. The van der Waals surface area contributed by atoms with Gasteiger partial charge in [-0.3, -0.25) is 0 Å². The van der Waals surface area contributed by atoms with E-state index < -0.39 is 0 Å². The molecule has 1 heteroatoms. The number of fused-ring (bicyclic) bond motifs is 5. The first-order valence-corrected chi connectivity index (χ1v) is 20.1. The summed E-state index contributed by atoms with van der Waals surface area (Å²) in [6.45, 7) is 18.7. The molecule has 0 aliphatic heterocycles. The minimum absolute atomic E-state index is 0.0147. The van der Waals surface area contributed by atoms with Crippen LogP contribution in [0.4, 0.5) is 17.1 Å². The first-order chi connectivity index (χ1) is 26.8. The third-order valence-electron chi connectivity index (χ3n) is 12.2. The van der Waals surface area contributed by atoms with E-state index in [0.717, 1.165) is 17.1 Å². The number of rotatable bonds is 5. The summed E-state index contributed by atoms with van der Waals surface area (Å²) in [5.74, 6) is 0. The summed E-state index contributed by atoms with van der Waals surface area (Å²) in [7, 11) is 0. The van der Waals surface area contributed by atoms with Crippen LogP contribution in [-0.4, -0.2) is 0 Å². The zero-order valence-electron chi connectivity index (χ0n) is 34.0. The summed E-state index contributed by atoms with van der Waals surface area (Å²) in [6, 6.07) is 61.5. The highest BCUT2D eigenvalue weighted by Crippen LogP contribution is 2.54. The lowest BCUT2D eigenvalue weighted by molar-refractivity contribution is 0.584. The molecule has 0 radical (unpaired) electrons. The van der Waals surface area contributed by atoms with Gasteiger partial charge in [-0.05, 0) is 107 Å². The second kappa shape index (κ2) is 13.1. The quantitative estimate of drug-likeness (QED) is 0.171. The molecular formula is C55H51N. The van der Waals surface area contributed by atoms with Gasteiger partial charge in [0.2, 0.25) is 0 Å². The second-order valence-electron chi connectivity index (χ2n) is 18.3. The predicted molar refractivity (Wildman–Crippen MR) is 242 cm³/mol. The molecule has 1 aliphatic carbocycles. The van der Waals surface area contributed by atoms with E-state index >= 15 is 0 Å². The average molecular weight is 726 g/mol. The Morgan fingerprint density at radius 2 is 0.964 bits per heavy atom. The van der Waals surface area contributed by atoms with Gasteiger partial charge in [0.15, 0.2) is 0 Å². The van der Waals surface area contributed by atoms with E-state index in [-0.39, 0.29) is 16.2 Å². The number of anilines is 3. The Bertz CT molecular complexity index is 2780. The molecule has 56 heavy (non-hydrogen) atoms. The van der Waals surface area contributed by atoms with Crippen molar-refractivity contribution in [2.75, 3.05) is 4.90 Å². The van der Waals surface area contributed by atoms with Gasteiger partial charge in [-0.2, -0.15) is 0 Å². The van der Waals surface area contributed by atoms with Gasteiger partial charge in [-0.25, -0.2) is 0 Å². The van der Waals surface area contributed by atoms with Gasteiger partial charge in [0.25, 0.3) is 0 Å². The molecule has 0 bridgehead atoms. The van der Waals surface area contributed by atoms with Gasteiger partial charge in [0, 0.05) is 22.2 Å². The average Bonchev–Trinajstić information content (AvgIpc) is 3.42. The fraction of sp³-hybridized carbons (Fsp3) is 0.200. The standard InChI is InChI=1S/C55H51N/c1-53(2,3)39-27-32-50(47(33-39)37-17-10-9-11-18-37)56(41-28-30-45-44-29-26-40(54(4,5)6)34-48(44)55(7,8)49(45)35-41)51-31-25-38-20-13-15-23-43(38)52(51)46-24-16-21-36-19-12-14-22-42(36)46/h9-35H,1-8H3. The molecule has 1 nitrogen and oxygen atoms in total. The molecular weight excluding hydrogens is 675 g/mol. The van der Waals surface area contributed by atoms with Crippen molar-refractivity contribution < 1.29 is 0 Å². The molecule has 1 aliphatic rings. The van der Waals surface area contributed by atoms with Crippen LogP contribution in [0.2, 0.25) is 0 Å². The fourth-order valence-electron chi connectivity index (χ4n) is 8.96. The zero-order chi connectivity index (χ0) is 39.0. The zero-order valence-corrected chi connectivity index (χ0v) is 34.0. The normalized spacial score (nSPS) is 13.5. The van der Waals surface area contributed by atoms with E-state index in [4.69, 9.17) is 0 Å². The summed E-state index contributed by atoms with van der Waals surface area (Å²) >= 11 is 0. The smallest absolute Gasteiger partial charge is 0.0546 e. The Balaban J connectivity index is 1.37. The maximum Gasteiger partial charge on any atom is 0.0546 e. The van der Waals surface area contributed by atoms with Crippen molar-refractivity contribution in [3.8, 4) is 33.4 Å². The molecule has 0 amide bonds. The number of hydrogen-bond donors (Lipinski definition) is 0. The van der Waals surface area contributed by atoms with Gasteiger partial charge in [-0.15, -0.1) is 0 Å². The maximum atomic E-state index is 2.55. The number of hydrogen-bond acceptors (Lipinski definition) is 1. The maximum absolute atomic E-state index is 2.55. The van der Waals surface area contributed by atoms with Crippen molar-refractivity contribution in [1.82, 2.24) is 0 Å². The Kier molecular flexibility index (Phi) is 8.36. The first-order valence-electron chi connectivity index (χ1n) is 20.1. The second-order valence-corrected chi connectivity index (χ2v) is 18.3. The summed E-state index contributed by atoms with van der Waals surface area (Å²) in [5, 5.41) is 4.95. The Morgan fingerprint density at radius 1 is 0.411 bits per heavy atom. The van der Waals surface area contributed by atoms with Crippen molar-refractivity contribution in [2.45, 2.75) is 71.6 Å². The summed E-state index contributed by atoms with van der Waals surface area (Å²) < 4.78 is 0. The van der Waals surface area contributed by atoms with Crippen LogP contribution in [0.15, 0.2) is 164 Å². The summed E-state index contributed by atoms with van der Waals surface area (Å²) in [4.78, 5) is 2.55. The molecule has 9 rings (SSSR count). The SMILES string of the molecule is CC(C)(C)c1ccc(N(c2ccc3c(c2)C(C)(C)c2cc(C(C)(C)C)ccc2-3)c2ccc3ccccc3c2-c2cccc3ccccc23)c(-c2ccccc2)c1. The van der Waals surface area contributed by atoms with Crippen molar-refractivity contribution in [3.05, 3.63) is 186 Å². The van der Waals surface area contributed by atoms with E-state index in [1.54, 1.807) is 0 Å². The lowest BCUT2D eigenvalue weighted by atomic mass is 9.79. The molecule has 0 saturated heterocycles. The third kappa shape index (κ3) is 5.93. The Labute approximate surface area is 333 Å². The van der Waals surface area contributed by atoms with Crippen LogP contribution in [0.3, 0.4) is 0 Å². The van der Waals surface area contributed by atoms with E-state index in [1.165, 1.54) is 77.2 Å². The van der Waals surface area contributed by atoms with Crippen LogP contribution < -0.4 is 4.90 Å². The Morgan fingerprint density at radius 3 is 1.68 bits per heavy atom. The van der Waals surface area contributed by atoms with Crippen molar-refractivity contribution in [1.29, 1.82) is 0 Å². The van der Waals surface area contributed by atoms with Crippen molar-refractivity contribution in [2.24, 2.45) is 0 Å². The number of nitrogens with zero attached hydrogens (tertiary/aromatic N) is 1. The highest BCUT2D eigenvalue weighted by molar-refractivity contribution is 6.12. The van der Waals surface area contributed by atoms with Gasteiger partial charge >= 0.3 is 0 Å². The van der Waals surface area contributed by atoms with Gasteiger partial charge < -0.3 is 4.90 Å². The minimum atomic E-state index is -0.173. The van der Waals surface area contributed by atoms with E-state index in [0.29, 0.717) is 0 Å². The molecule has 0 fully saturated rings. The lowest BCUT2D eigenvalue weighted by Crippen LogP contribution is -2.19. The highest BCUT2D eigenvalue weighted by atomic mass is 15.1.